The molecule has 0 aliphatic carbocycles. The molecule has 6 aromatic rings. The van der Waals surface area contributed by atoms with Crippen LogP contribution in [0, 0.1) is 25.5 Å². The summed E-state index contributed by atoms with van der Waals surface area (Å²) in [4.78, 5) is 0. The molecule has 0 saturated heterocycles. The van der Waals surface area contributed by atoms with E-state index in [2.05, 4.69) is 37.4 Å². The Bertz CT molecular complexity index is 1800. The van der Waals surface area contributed by atoms with Gasteiger partial charge in [0.2, 0.25) is 0 Å². The van der Waals surface area contributed by atoms with Gasteiger partial charge in [-0.15, -0.1) is 13.2 Å². The van der Waals surface area contributed by atoms with E-state index >= 15 is 0 Å². The van der Waals surface area contributed by atoms with E-state index in [0.717, 1.165) is 59.1 Å². The summed E-state index contributed by atoms with van der Waals surface area (Å²) in [5, 5.41) is 0. The van der Waals surface area contributed by atoms with Crippen LogP contribution in [0.5, 0.6) is 0 Å². The number of aryl methyl sites for hydroxylation is 4. The third-order valence-electron chi connectivity index (χ3n) is 8.51. The Balaban J connectivity index is 0.000000188. The average molecular weight is 633 g/mol. The fraction of sp³-hybridized carbons (Fsp3) is 0.130. The first-order valence-electron chi connectivity index (χ1n) is 16.5. The molecule has 2 heteroatoms. The van der Waals surface area contributed by atoms with Crippen molar-refractivity contribution in [2.24, 2.45) is 0 Å². The molecule has 0 atom stereocenters. The molecule has 240 valence electrons. The van der Waals surface area contributed by atoms with Crippen molar-refractivity contribution < 1.29 is 8.78 Å². The molecule has 0 radical (unpaired) electrons. The first-order valence-corrected chi connectivity index (χ1v) is 16.5. The van der Waals surface area contributed by atoms with Crippen LogP contribution < -0.4 is 0 Å². The van der Waals surface area contributed by atoms with Crippen LogP contribution in [-0.2, 0) is 12.8 Å². The van der Waals surface area contributed by atoms with Crippen LogP contribution in [0.2, 0.25) is 0 Å². The van der Waals surface area contributed by atoms with Crippen molar-refractivity contribution in [1.82, 2.24) is 0 Å². The summed E-state index contributed by atoms with van der Waals surface area (Å²) in [6.07, 6.45) is 7.68. The Morgan fingerprint density at radius 2 is 0.729 bits per heavy atom. The SMILES string of the molecule is C=CCCc1ccc(-c2ccc(-c3ccc(C)cc3)cc2F)cc1.C=CCCc1ccc(-c2ccc(-c3ccc(C)cc3)cc2F)cc1. The maximum absolute atomic E-state index is 14.6. The van der Waals surface area contributed by atoms with Gasteiger partial charge in [0, 0.05) is 11.1 Å². The minimum absolute atomic E-state index is 0.188. The van der Waals surface area contributed by atoms with Gasteiger partial charge in [0.05, 0.1) is 0 Å². The van der Waals surface area contributed by atoms with E-state index in [1.807, 2.05) is 123 Å². The van der Waals surface area contributed by atoms with E-state index in [9.17, 15) is 8.78 Å². The Morgan fingerprint density at radius 3 is 1.04 bits per heavy atom. The molecule has 0 aromatic heterocycles. The van der Waals surface area contributed by atoms with Gasteiger partial charge in [0.15, 0.2) is 0 Å². The standard InChI is InChI=1S/2C23H21F/c2*1-3-4-5-18-8-12-20(13-9-18)22-15-14-21(16-23(22)24)19-10-6-17(2)7-11-19/h2*3,6-16H,1,4-5H2,2H3. The van der Waals surface area contributed by atoms with Crippen molar-refractivity contribution in [3.05, 3.63) is 193 Å². The second-order valence-corrected chi connectivity index (χ2v) is 12.2. The van der Waals surface area contributed by atoms with Crippen LogP contribution in [-0.4, -0.2) is 0 Å². The minimum atomic E-state index is -0.188. The average Bonchev–Trinajstić information content (AvgIpc) is 3.11. The van der Waals surface area contributed by atoms with Crippen molar-refractivity contribution in [3.8, 4) is 44.5 Å². The summed E-state index contributed by atoms with van der Waals surface area (Å²) in [7, 11) is 0. The van der Waals surface area contributed by atoms with E-state index in [1.165, 1.54) is 22.3 Å². The van der Waals surface area contributed by atoms with Gasteiger partial charge in [-0.05, 0) is 96.2 Å². The molecule has 0 unspecified atom stereocenters. The number of rotatable bonds is 10. The highest BCUT2D eigenvalue weighted by atomic mass is 19.1. The van der Waals surface area contributed by atoms with Gasteiger partial charge < -0.3 is 0 Å². The zero-order valence-electron chi connectivity index (χ0n) is 27.9. The fourth-order valence-corrected chi connectivity index (χ4v) is 5.59. The molecule has 0 nitrogen and oxygen atoms in total. The molecule has 0 saturated carbocycles. The molecule has 0 amide bonds. The second kappa shape index (κ2) is 16.5. The zero-order valence-corrected chi connectivity index (χ0v) is 27.9. The van der Waals surface area contributed by atoms with Crippen molar-refractivity contribution >= 4 is 0 Å². The van der Waals surface area contributed by atoms with Crippen molar-refractivity contribution in [2.45, 2.75) is 39.5 Å². The number of halogens is 2. The smallest absolute Gasteiger partial charge is 0.131 e. The molecule has 0 aliphatic heterocycles. The molecule has 0 bridgehead atoms. The van der Waals surface area contributed by atoms with Crippen LogP contribution in [0.1, 0.15) is 35.1 Å². The van der Waals surface area contributed by atoms with E-state index in [0.29, 0.717) is 11.1 Å². The van der Waals surface area contributed by atoms with E-state index in [-0.39, 0.29) is 11.6 Å². The van der Waals surface area contributed by atoms with Crippen molar-refractivity contribution in [3.63, 3.8) is 0 Å². The van der Waals surface area contributed by atoms with Gasteiger partial charge in [-0.1, -0.05) is 145 Å². The summed E-state index contributed by atoms with van der Waals surface area (Å²) >= 11 is 0. The van der Waals surface area contributed by atoms with Crippen molar-refractivity contribution in [2.75, 3.05) is 0 Å². The lowest BCUT2D eigenvalue weighted by atomic mass is 9.98. The molecule has 0 aliphatic rings. The Hall–Kier alpha value is -5.34. The number of benzene rings is 6. The predicted octanol–water partition coefficient (Wildman–Crippen LogP) is 13.2. The van der Waals surface area contributed by atoms with E-state index in [1.54, 1.807) is 12.1 Å². The first kappa shape index (κ1) is 34.0. The molecule has 0 spiro atoms. The maximum atomic E-state index is 14.6. The van der Waals surface area contributed by atoms with Crippen LogP contribution in [0.15, 0.2) is 159 Å². The monoisotopic (exact) mass is 632 g/mol. The lowest BCUT2D eigenvalue weighted by molar-refractivity contribution is 0.631. The van der Waals surface area contributed by atoms with Crippen molar-refractivity contribution in [1.29, 1.82) is 0 Å². The van der Waals surface area contributed by atoms with Gasteiger partial charge in [-0.2, -0.15) is 0 Å². The highest BCUT2D eigenvalue weighted by Gasteiger charge is 2.09. The van der Waals surface area contributed by atoms with Gasteiger partial charge in [-0.3, -0.25) is 0 Å². The number of hydrogen-bond acceptors (Lipinski definition) is 0. The predicted molar refractivity (Wildman–Crippen MR) is 201 cm³/mol. The largest absolute Gasteiger partial charge is 0.206 e. The Labute approximate surface area is 284 Å². The maximum Gasteiger partial charge on any atom is 0.131 e. The molecule has 6 rings (SSSR count). The Morgan fingerprint density at radius 1 is 0.417 bits per heavy atom. The second-order valence-electron chi connectivity index (χ2n) is 12.2. The van der Waals surface area contributed by atoms with E-state index < -0.39 is 0 Å². The normalized spacial score (nSPS) is 10.6. The molecule has 0 heterocycles. The van der Waals surface area contributed by atoms with Gasteiger partial charge in [-0.25, -0.2) is 8.78 Å². The topological polar surface area (TPSA) is 0 Å². The summed E-state index contributed by atoms with van der Waals surface area (Å²) in [6, 6.07) is 43.4. The highest BCUT2D eigenvalue weighted by Crippen LogP contribution is 2.30. The summed E-state index contributed by atoms with van der Waals surface area (Å²) in [6.45, 7) is 11.6. The molecule has 48 heavy (non-hydrogen) atoms. The van der Waals surface area contributed by atoms with Crippen LogP contribution >= 0.6 is 0 Å². The number of hydrogen-bond donors (Lipinski definition) is 0. The molecule has 0 N–H and O–H groups in total. The molecular formula is C46H42F2. The van der Waals surface area contributed by atoms with Crippen LogP contribution in [0.25, 0.3) is 44.5 Å². The highest BCUT2D eigenvalue weighted by molar-refractivity contribution is 5.72. The summed E-state index contributed by atoms with van der Waals surface area (Å²) in [5.41, 5.74) is 11.9. The zero-order chi connectivity index (χ0) is 33.9. The lowest BCUT2D eigenvalue weighted by Gasteiger charge is -2.08. The van der Waals surface area contributed by atoms with Gasteiger partial charge in [0.1, 0.15) is 11.6 Å². The number of allylic oxidation sites excluding steroid dienone is 2. The minimum Gasteiger partial charge on any atom is -0.206 e. The first-order chi connectivity index (χ1) is 23.3. The molecular weight excluding hydrogens is 591 g/mol. The molecule has 6 aromatic carbocycles. The molecule has 0 fully saturated rings. The van der Waals surface area contributed by atoms with Crippen LogP contribution in [0.4, 0.5) is 8.78 Å². The summed E-state index contributed by atoms with van der Waals surface area (Å²) in [5.74, 6) is -0.376. The van der Waals surface area contributed by atoms with E-state index in [4.69, 9.17) is 0 Å². The summed E-state index contributed by atoms with van der Waals surface area (Å²) < 4.78 is 29.2. The fourth-order valence-electron chi connectivity index (χ4n) is 5.59. The lowest BCUT2D eigenvalue weighted by Crippen LogP contribution is -1.88. The third kappa shape index (κ3) is 8.92. The Kier molecular flexibility index (Phi) is 11.7. The van der Waals surface area contributed by atoms with Crippen LogP contribution in [0.3, 0.4) is 0 Å². The third-order valence-corrected chi connectivity index (χ3v) is 8.51. The van der Waals surface area contributed by atoms with Gasteiger partial charge in [0.25, 0.3) is 0 Å². The quantitative estimate of drug-likeness (QED) is 0.132. The van der Waals surface area contributed by atoms with Gasteiger partial charge >= 0.3 is 0 Å².